The van der Waals surface area contributed by atoms with Crippen molar-refractivity contribution in [3.8, 4) is 11.6 Å². The van der Waals surface area contributed by atoms with Gasteiger partial charge in [0, 0.05) is 46.6 Å². The molecule has 7 nitrogen and oxygen atoms in total. The van der Waals surface area contributed by atoms with Crippen LogP contribution in [0.5, 0.6) is 11.6 Å². The number of anilines is 1. The Morgan fingerprint density at radius 1 is 1.10 bits per heavy atom. The van der Waals surface area contributed by atoms with Crippen LogP contribution in [0.15, 0.2) is 61.2 Å². The van der Waals surface area contributed by atoms with E-state index in [0.29, 0.717) is 39.3 Å². The monoisotopic (exact) mass is 406 g/mol. The van der Waals surface area contributed by atoms with Gasteiger partial charge in [0.05, 0.1) is 32.3 Å². The van der Waals surface area contributed by atoms with Gasteiger partial charge in [-0.25, -0.2) is 9.37 Å². The molecule has 0 amide bonds. The average molecular weight is 406 g/mol. The molecule has 1 unspecified atom stereocenters. The molecule has 0 bridgehead atoms. The molecule has 4 rings (SSSR count). The Hall–Kier alpha value is -3.94. The maximum Gasteiger partial charge on any atom is 0.212 e. The molecule has 0 aliphatic heterocycles. The maximum absolute atomic E-state index is 14.0. The molecule has 3 heterocycles. The van der Waals surface area contributed by atoms with Gasteiger partial charge in [-0.2, -0.15) is 0 Å². The number of halogens is 1. The van der Waals surface area contributed by atoms with Crippen LogP contribution in [0.1, 0.15) is 11.1 Å². The molecular formula is C22H19FN4O3. The molecule has 1 atom stereocenters. The summed E-state index contributed by atoms with van der Waals surface area (Å²) in [5.74, 6) is 0.531. The standard InChI is InChI=1S/C22H19FN4O3/c1-29-17-8-16(10-24-11-17)27-22(13-28,14-3-6-21(30-2)26-9-14)19-12-25-20-5-4-15(23)7-18(19)20/h3-13,25,27H,1-2H3. The second-order valence-electron chi connectivity index (χ2n) is 6.65. The van der Waals surface area contributed by atoms with Gasteiger partial charge in [-0.1, -0.05) is 0 Å². The second kappa shape index (κ2) is 7.82. The van der Waals surface area contributed by atoms with E-state index in [1.165, 1.54) is 26.4 Å². The Balaban J connectivity index is 1.94. The number of hydrogen-bond acceptors (Lipinski definition) is 6. The number of rotatable bonds is 7. The topological polar surface area (TPSA) is 89.1 Å². The highest BCUT2D eigenvalue weighted by atomic mass is 19.1. The lowest BCUT2D eigenvalue weighted by Crippen LogP contribution is -2.38. The minimum absolute atomic E-state index is 0.404. The fraction of sp³-hybridized carbons (Fsp3) is 0.136. The molecule has 30 heavy (non-hydrogen) atoms. The Morgan fingerprint density at radius 2 is 1.97 bits per heavy atom. The Bertz CT molecular complexity index is 1190. The van der Waals surface area contributed by atoms with E-state index < -0.39 is 11.4 Å². The predicted molar refractivity (Wildman–Crippen MR) is 110 cm³/mol. The van der Waals surface area contributed by atoms with Gasteiger partial charge < -0.3 is 19.8 Å². The van der Waals surface area contributed by atoms with Crippen LogP contribution in [0.4, 0.5) is 10.1 Å². The highest BCUT2D eigenvalue weighted by molar-refractivity contribution is 5.92. The van der Waals surface area contributed by atoms with Gasteiger partial charge in [0.2, 0.25) is 5.88 Å². The number of benzene rings is 1. The molecule has 0 saturated heterocycles. The van der Waals surface area contributed by atoms with Crippen molar-refractivity contribution in [2.45, 2.75) is 5.54 Å². The van der Waals surface area contributed by atoms with Crippen LogP contribution in [-0.2, 0) is 10.3 Å². The van der Waals surface area contributed by atoms with E-state index in [4.69, 9.17) is 9.47 Å². The zero-order valence-corrected chi connectivity index (χ0v) is 16.3. The van der Waals surface area contributed by atoms with Crippen LogP contribution in [0.2, 0.25) is 0 Å². The molecule has 8 heteroatoms. The molecule has 0 aliphatic rings. The first kappa shape index (κ1) is 19.4. The van der Waals surface area contributed by atoms with Gasteiger partial charge in [0.15, 0.2) is 6.29 Å². The van der Waals surface area contributed by atoms with Crippen LogP contribution < -0.4 is 14.8 Å². The van der Waals surface area contributed by atoms with Crippen molar-refractivity contribution >= 4 is 22.9 Å². The van der Waals surface area contributed by atoms with Crippen LogP contribution in [-0.4, -0.2) is 35.5 Å². The van der Waals surface area contributed by atoms with E-state index in [1.54, 1.807) is 49.1 Å². The molecule has 3 aromatic heterocycles. The lowest BCUT2D eigenvalue weighted by Gasteiger charge is -2.31. The summed E-state index contributed by atoms with van der Waals surface area (Å²) in [6.45, 7) is 0. The summed E-state index contributed by atoms with van der Waals surface area (Å²) in [5.41, 5.74) is 0.958. The van der Waals surface area contributed by atoms with Crippen LogP contribution >= 0.6 is 0 Å². The van der Waals surface area contributed by atoms with E-state index in [-0.39, 0.29) is 0 Å². The van der Waals surface area contributed by atoms with Gasteiger partial charge >= 0.3 is 0 Å². The summed E-state index contributed by atoms with van der Waals surface area (Å²) in [6.07, 6.45) is 7.13. The van der Waals surface area contributed by atoms with Gasteiger partial charge in [-0.3, -0.25) is 9.78 Å². The fourth-order valence-corrected chi connectivity index (χ4v) is 3.44. The number of aldehydes is 1. The van der Waals surface area contributed by atoms with Gasteiger partial charge in [-0.05, 0) is 24.3 Å². The van der Waals surface area contributed by atoms with Crippen LogP contribution in [0.3, 0.4) is 0 Å². The summed E-state index contributed by atoms with van der Waals surface area (Å²) in [6, 6.07) is 9.50. The van der Waals surface area contributed by atoms with Crippen LogP contribution in [0, 0.1) is 5.82 Å². The number of fused-ring (bicyclic) bond motifs is 1. The maximum atomic E-state index is 14.0. The van der Waals surface area contributed by atoms with Crippen molar-refractivity contribution in [3.63, 3.8) is 0 Å². The van der Waals surface area contributed by atoms with Crippen molar-refractivity contribution in [3.05, 3.63) is 78.1 Å². The van der Waals surface area contributed by atoms with E-state index in [1.807, 2.05) is 0 Å². The van der Waals surface area contributed by atoms with E-state index in [0.717, 1.165) is 6.29 Å². The lowest BCUT2D eigenvalue weighted by atomic mass is 9.84. The number of H-pyrrole nitrogens is 1. The molecule has 0 aliphatic carbocycles. The molecule has 0 saturated carbocycles. The second-order valence-corrected chi connectivity index (χ2v) is 6.65. The molecule has 0 fully saturated rings. The number of carbonyl (C=O) groups is 1. The number of nitrogens with one attached hydrogen (secondary N) is 2. The highest BCUT2D eigenvalue weighted by Gasteiger charge is 2.37. The molecule has 1 aromatic carbocycles. The summed E-state index contributed by atoms with van der Waals surface area (Å²) in [7, 11) is 3.04. The minimum Gasteiger partial charge on any atom is -0.495 e. The summed E-state index contributed by atoms with van der Waals surface area (Å²) in [4.78, 5) is 24.2. The first-order valence-electron chi connectivity index (χ1n) is 9.11. The number of nitrogens with zero attached hydrogens (tertiary/aromatic N) is 2. The first-order chi connectivity index (χ1) is 14.6. The van der Waals surface area contributed by atoms with E-state index in [9.17, 15) is 9.18 Å². The third-order valence-electron chi connectivity index (χ3n) is 4.94. The van der Waals surface area contributed by atoms with Crippen molar-refractivity contribution in [1.82, 2.24) is 15.0 Å². The fourth-order valence-electron chi connectivity index (χ4n) is 3.44. The zero-order chi connectivity index (χ0) is 21.1. The number of ether oxygens (including phenoxy) is 2. The van der Waals surface area contributed by atoms with E-state index >= 15 is 0 Å². The van der Waals surface area contributed by atoms with E-state index in [2.05, 4.69) is 20.3 Å². The molecule has 0 radical (unpaired) electrons. The molecule has 152 valence electrons. The largest absolute Gasteiger partial charge is 0.495 e. The van der Waals surface area contributed by atoms with Crippen molar-refractivity contribution < 1.29 is 18.7 Å². The molecule has 4 aromatic rings. The zero-order valence-electron chi connectivity index (χ0n) is 16.3. The third-order valence-corrected chi connectivity index (χ3v) is 4.94. The Labute approximate surface area is 171 Å². The smallest absolute Gasteiger partial charge is 0.212 e. The Morgan fingerprint density at radius 3 is 2.67 bits per heavy atom. The van der Waals surface area contributed by atoms with Crippen molar-refractivity contribution in [2.24, 2.45) is 0 Å². The number of hydrogen-bond donors (Lipinski definition) is 2. The van der Waals surface area contributed by atoms with Crippen molar-refractivity contribution in [1.29, 1.82) is 0 Å². The summed E-state index contributed by atoms with van der Waals surface area (Å²) >= 11 is 0. The predicted octanol–water partition coefficient (Wildman–Crippen LogP) is 3.67. The quantitative estimate of drug-likeness (QED) is 0.455. The lowest BCUT2D eigenvalue weighted by molar-refractivity contribution is -0.110. The first-order valence-corrected chi connectivity index (χ1v) is 9.11. The molecular weight excluding hydrogens is 387 g/mol. The number of aromatic amines is 1. The number of methoxy groups -OCH3 is 2. The summed E-state index contributed by atoms with van der Waals surface area (Å²) < 4.78 is 24.4. The molecule has 2 N–H and O–H groups in total. The van der Waals surface area contributed by atoms with Crippen LogP contribution in [0.25, 0.3) is 10.9 Å². The van der Waals surface area contributed by atoms with Gasteiger partial charge in [0.25, 0.3) is 0 Å². The van der Waals surface area contributed by atoms with Crippen molar-refractivity contribution in [2.75, 3.05) is 19.5 Å². The normalized spacial score (nSPS) is 12.9. The number of aromatic nitrogens is 3. The average Bonchev–Trinajstić information content (AvgIpc) is 3.21. The van der Waals surface area contributed by atoms with Gasteiger partial charge in [-0.15, -0.1) is 0 Å². The molecule has 0 spiro atoms. The number of pyridine rings is 2. The highest BCUT2D eigenvalue weighted by Crippen LogP contribution is 2.37. The Kier molecular flexibility index (Phi) is 5.05. The summed E-state index contributed by atoms with van der Waals surface area (Å²) in [5, 5.41) is 3.82. The SMILES string of the molecule is COc1cncc(NC(C=O)(c2ccc(OC)nc2)c2c[nH]c3ccc(F)cc23)c1. The third kappa shape index (κ3) is 3.32. The van der Waals surface area contributed by atoms with Gasteiger partial charge in [0.1, 0.15) is 17.1 Å². The number of carbonyl (C=O) groups excluding carboxylic acids is 1. The minimum atomic E-state index is -1.38.